The first kappa shape index (κ1) is 14.5. The van der Waals surface area contributed by atoms with Gasteiger partial charge in [-0.2, -0.15) is 0 Å². The van der Waals surface area contributed by atoms with Crippen LogP contribution in [0.1, 0.15) is 39.5 Å². The van der Waals surface area contributed by atoms with E-state index in [1.807, 2.05) is 0 Å². The molecule has 0 saturated heterocycles. The van der Waals surface area contributed by atoms with E-state index in [1.54, 1.807) is 11.9 Å². The number of aliphatic hydroxyl groups excluding tert-OH is 2. The van der Waals surface area contributed by atoms with Crippen LogP contribution >= 0.6 is 0 Å². The smallest absolute Gasteiger partial charge is 0.225 e. The van der Waals surface area contributed by atoms with Gasteiger partial charge in [-0.3, -0.25) is 4.79 Å². The van der Waals surface area contributed by atoms with Gasteiger partial charge in [-0.25, -0.2) is 0 Å². The highest BCUT2D eigenvalue weighted by Crippen LogP contribution is 2.39. The maximum atomic E-state index is 12.2. The van der Waals surface area contributed by atoms with Crippen LogP contribution in [-0.2, 0) is 4.79 Å². The molecule has 100 valence electrons. The molecule has 1 amide bonds. The number of aliphatic hydroxyl groups is 2. The van der Waals surface area contributed by atoms with Gasteiger partial charge in [0.2, 0.25) is 5.91 Å². The minimum absolute atomic E-state index is 0.0784. The van der Waals surface area contributed by atoms with Crippen LogP contribution in [0.3, 0.4) is 0 Å². The molecule has 0 bridgehead atoms. The number of amides is 1. The van der Waals surface area contributed by atoms with Crippen LogP contribution < -0.4 is 0 Å². The molecular weight excluding hydrogens is 218 g/mol. The van der Waals surface area contributed by atoms with E-state index >= 15 is 0 Å². The molecule has 1 aliphatic rings. The number of carbonyl (C=O) groups excluding carboxylic acids is 1. The Morgan fingerprint density at radius 1 is 1.53 bits per heavy atom. The lowest BCUT2D eigenvalue weighted by molar-refractivity contribution is -0.138. The van der Waals surface area contributed by atoms with Gasteiger partial charge >= 0.3 is 0 Å². The largest absolute Gasteiger partial charge is 0.394 e. The van der Waals surface area contributed by atoms with Crippen molar-refractivity contribution in [3.05, 3.63) is 0 Å². The molecule has 0 aromatic heterocycles. The molecule has 4 heteroatoms. The Balaban J connectivity index is 2.51. The number of nitrogens with zero attached hydrogens (tertiary/aromatic N) is 1. The van der Waals surface area contributed by atoms with Gasteiger partial charge in [0.15, 0.2) is 0 Å². The van der Waals surface area contributed by atoms with E-state index in [9.17, 15) is 9.90 Å². The van der Waals surface area contributed by atoms with Gasteiger partial charge in [0.25, 0.3) is 0 Å². The Bertz CT molecular complexity index is 265. The summed E-state index contributed by atoms with van der Waals surface area (Å²) in [6.07, 6.45) is 3.31. The first-order valence-corrected chi connectivity index (χ1v) is 6.39. The molecule has 1 fully saturated rings. The summed E-state index contributed by atoms with van der Waals surface area (Å²) >= 11 is 0. The molecule has 4 nitrogen and oxygen atoms in total. The van der Waals surface area contributed by atoms with Gasteiger partial charge in [-0.15, -0.1) is 0 Å². The van der Waals surface area contributed by atoms with Crippen molar-refractivity contribution >= 4 is 5.91 Å². The minimum Gasteiger partial charge on any atom is -0.394 e. The van der Waals surface area contributed by atoms with Crippen molar-refractivity contribution in [3.8, 4) is 0 Å². The van der Waals surface area contributed by atoms with Crippen molar-refractivity contribution in [1.82, 2.24) is 4.90 Å². The molecule has 1 unspecified atom stereocenters. The quantitative estimate of drug-likeness (QED) is 0.775. The summed E-state index contributed by atoms with van der Waals surface area (Å²) in [5, 5.41) is 18.1. The molecule has 0 aromatic carbocycles. The van der Waals surface area contributed by atoms with Crippen molar-refractivity contribution in [2.24, 2.45) is 11.3 Å². The zero-order valence-corrected chi connectivity index (χ0v) is 11.1. The summed E-state index contributed by atoms with van der Waals surface area (Å²) in [5.74, 6) is 0.180. The van der Waals surface area contributed by atoms with Crippen molar-refractivity contribution in [1.29, 1.82) is 0 Å². The molecule has 0 spiro atoms. The maximum absolute atomic E-state index is 12.2. The van der Waals surface area contributed by atoms with E-state index in [1.165, 1.54) is 6.42 Å². The molecule has 0 aliphatic heterocycles. The first-order valence-electron chi connectivity index (χ1n) is 6.39. The molecule has 0 aromatic rings. The van der Waals surface area contributed by atoms with Crippen molar-refractivity contribution in [2.75, 3.05) is 20.2 Å². The highest BCUT2D eigenvalue weighted by Gasteiger charge is 2.33. The third-order valence-electron chi connectivity index (χ3n) is 3.63. The van der Waals surface area contributed by atoms with Crippen LogP contribution in [0.25, 0.3) is 0 Å². The number of hydrogen-bond acceptors (Lipinski definition) is 3. The highest BCUT2D eigenvalue weighted by molar-refractivity contribution is 5.78. The molecule has 17 heavy (non-hydrogen) atoms. The van der Waals surface area contributed by atoms with Gasteiger partial charge < -0.3 is 15.1 Å². The number of carbonyl (C=O) groups is 1. The van der Waals surface area contributed by atoms with Crippen molar-refractivity contribution < 1.29 is 15.0 Å². The highest BCUT2D eigenvalue weighted by atomic mass is 16.3. The standard InChI is InChI=1S/C13H25NO3/c1-13(2)6-4-5-10(7-13)12(17)14(3)8-11(16)9-15/h10-11,15-16H,4-9H2,1-3H3/t10?,11-/m0/s1. The normalized spacial score (nSPS) is 25.4. The predicted molar refractivity (Wildman–Crippen MR) is 66.5 cm³/mol. The van der Waals surface area contributed by atoms with Gasteiger partial charge in [0, 0.05) is 19.5 Å². The van der Waals surface area contributed by atoms with Gasteiger partial charge in [-0.1, -0.05) is 20.3 Å². The van der Waals surface area contributed by atoms with Gasteiger partial charge in [0.1, 0.15) is 0 Å². The fourth-order valence-electron chi connectivity index (χ4n) is 2.68. The first-order chi connectivity index (χ1) is 7.85. The molecule has 0 heterocycles. The number of rotatable bonds is 4. The predicted octanol–water partition coefficient (Wildman–Crippen LogP) is 1.01. The summed E-state index contributed by atoms with van der Waals surface area (Å²) < 4.78 is 0. The lowest BCUT2D eigenvalue weighted by atomic mass is 9.72. The topological polar surface area (TPSA) is 60.8 Å². The van der Waals surface area contributed by atoms with Gasteiger partial charge in [0.05, 0.1) is 12.7 Å². The third-order valence-corrected chi connectivity index (χ3v) is 3.63. The van der Waals surface area contributed by atoms with Crippen LogP contribution in [0.2, 0.25) is 0 Å². The van der Waals surface area contributed by atoms with E-state index in [4.69, 9.17) is 5.11 Å². The lowest BCUT2D eigenvalue weighted by Crippen LogP contribution is -2.41. The van der Waals surface area contributed by atoms with E-state index in [0.29, 0.717) is 0 Å². The second-order valence-corrected chi connectivity index (χ2v) is 6.01. The van der Waals surface area contributed by atoms with Crippen LogP contribution in [0.15, 0.2) is 0 Å². The summed E-state index contributed by atoms with van der Waals surface area (Å²) in [7, 11) is 1.70. The number of hydrogen-bond donors (Lipinski definition) is 2. The third kappa shape index (κ3) is 4.28. The van der Waals surface area contributed by atoms with Crippen LogP contribution in [0.5, 0.6) is 0 Å². The molecule has 2 atom stereocenters. The summed E-state index contributed by atoms with van der Waals surface area (Å²) in [6, 6.07) is 0. The van der Waals surface area contributed by atoms with E-state index < -0.39 is 6.10 Å². The van der Waals surface area contributed by atoms with Gasteiger partial charge in [-0.05, 0) is 24.7 Å². The zero-order valence-electron chi connectivity index (χ0n) is 11.1. The van der Waals surface area contributed by atoms with Crippen LogP contribution in [-0.4, -0.2) is 47.3 Å². The fourth-order valence-corrected chi connectivity index (χ4v) is 2.68. The molecular formula is C13H25NO3. The second kappa shape index (κ2) is 5.83. The maximum Gasteiger partial charge on any atom is 0.225 e. The Kier molecular flexibility index (Phi) is 4.95. The molecule has 2 N–H and O–H groups in total. The van der Waals surface area contributed by atoms with Crippen LogP contribution in [0.4, 0.5) is 0 Å². The monoisotopic (exact) mass is 243 g/mol. The van der Waals surface area contributed by atoms with Crippen LogP contribution in [0, 0.1) is 11.3 Å². The summed E-state index contributed by atoms with van der Waals surface area (Å²) in [4.78, 5) is 13.7. The molecule has 1 rings (SSSR count). The average molecular weight is 243 g/mol. The Morgan fingerprint density at radius 2 is 2.18 bits per heavy atom. The Labute approximate surface area is 104 Å². The van der Waals surface area contributed by atoms with Crippen molar-refractivity contribution in [3.63, 3.8) is 0 Å². The Hall–Kier alpha value is -0.610. The molecule has 0 radical (unpaired) electrons. The van der Waals surface area contributed by atoms with Crippen molar-refractivity contribution in [2.45, 2.75) is 45.6 Å². The minimum atomic E-state index is -0.833. The zero-order chi connectivity index (χ0) is 13.1. The average Bonchev–Trinajstić information content (AvgIpc) is 2.26. The summed E-state index contributed by atoms with van der Waals surface area (Å²) in [5.41, 5.74) is 0.245. The number of likely N-dealkylation sites (N-methyl/N-ethyl adjacent to an activating group) is 1. The van der Waals surface area contributed by atoms with E-state index in [-0.39, 0.29) is 30.4 Å². The fraction of sp³-hybridized carbons (Fsp3) is 0.923. The van der Waals surface area contributed by atoms with E-state index in [2.05, 4.69) is 13.8 Å². The lowest BCUT2D eigenvalue weighted by Gasteiger charge is -2.36. The summed E-state index contributed by atoms with van der Waals surface area (Å²) in [6.45, 7) is 4.32. The van der Waals surface area contributed by atoms with E-state index in [0.717, 1.165) is 19.3 Å². The second-order valence-electron chi connectivity index (χ2n) is 6.01. The molecule has 1 saturated carbocycles. The Morgan fingerprint density at radius 3 is 2.71 bits per heavy atom. The SMILES string of the molecule is CN(C[C@H](O)CO)C(=O)C1CCCC(C)(C)C1. The molecule has 1 aliphatic carbocycles.